The zero-order valence-electron chi connectivity index (χ0n) is 16.3. The predicted molar refractivity (Wildman–Crippen MR) is 109 cm³/mol. The summed E-state index contributed by atoms with van der Waals surface area (Å²) in [6.45, 7) is 0.345. The molecule has 0 saturated carbocycles. The van der Waals surface area contributed by atoms with E-state index in [2.05, 4.69) is 5.32 Å². The third-order valence-electron chi connectivity index (χ3n) is 4.69. The lowest BCUT2D eigenvalue weighted by atomic mass is 10.2. The molecule has 30 heavy (non-hydrogen) atoms. The number of carbonyl (C=O) groups is 2. The average Bonchev–Trinajstić information content (AvgIpc) is 3.19. The molecule has 0 aliphatic carbocycles. The number of nitrogens with zero attached hydrogens (tertiary/aromatic N) is 1. The number of rotatable bonds is 7. The Morgan fingerprint density at radius 2 is 1.87 bits per heavy atom. The number of likely N-dealkylation sites (tertiary alicyclic amines) is 1. The zero-order valence-corrected chi connectivity index (χ0v) is 17.1. The van der Waals surface area contributed by atoms with Crippen LogP contribution in [0.25, 0.3) is 0 Å². The second-order valence-corrected chi connectivity index (χ2v) is 7.76. The Hall–Kier alpha value is -2.65. The minimum Gasteiger partial charge on any atom is -0.445 e. The Bertz CT molecular complexity index is 852. The van der Waals surface area contributed by atoms with E-state index >= 15 is 0 Å². The number of ether oxygens (including phenoxy) is 2. The summed E-state index contributed by atoms with van der Waals surface area (Å²) in [5, 5.41) is 2.73. The van der Waals surface area contributed by atoms with Crippen molar-refractivity contribution in [2.45, 2.75) is 35.8 Å². The van der Waals surface area contributed by atoms with E-state index in [0.717, 1.165) is 5.56 Å². The summed E-state index contributed by atoms with van der Waals surface area (Å²) < 4.78 is 35.6. The summed E-state index contributed by atoms with van der Waals surface area (Å²) in [5.41, 5.74) is 1.30. The molecular weight excluding hydrogens is 414 g/mol. The van der Waals surface area contributed by atoms with Crippen molar-refractivity contribution in [1.82, 2.24) is 4.90 Å². The van der Waals surface area contributed by atoms with Crippen LogP contribution in [0.5, 0.6) is 0 Å². The molecule has 0 radical (unpaired) electrons. The number of amides is 2. The van der Waals surface area contributed by atoms with E-state index in [-0.39, 0.29) is 25.2 Å². The number of halogens is 2. The minimum absolute atomic E-state index is 0.103. The molecule has 1 aliphatic rings. The van der Waals surface area contributed by atoms with Gasteiger partial charge in [0.2, 0.25) is 5.91 Å². The van der Waals surface area contributed by atoms with E-state index < -0.39 is 17.9 Å². The molecule has 1 heterocycles. The Morgan fingerprint density at radius 1 is 1.17 bits per heavy atom. The van der Waals surface area contributed by atoms with Crippen LogP contribution in [0, 0.1) is 0 Å². The first-order valence-electron chi connectivity index (χ1n) is 9.32. The van der Waals surface area contributed by atoms with Gasteiger partial charge in [0, 0.05) is 24.1 Å². The van der Waals surface area contributed by atoms with E-state index in [9.17, 15) is 18.4 Å². The van der Waals surface area contributed by atoms with Gasteiger partial charge in [0.05, 0.1) is 12.6 Å². The lowest BCUT2D eigenvalue weighted by molar-refractivity contribution is -0.120. The van der Waals surface area contributed by atoms with Crippen LogP contribution < -0.4 is 5.32 Å². The molecule has 3 rings (SSSR count). The lowest BCUT2D eigenvalue weighted by Gasteiger charge is -2.23. The van der Waals surface area contributed by atoms with Gasteiger partial charge in [-0.2, -0.15) is 8.78 Å². The number of alkyl halides is 2. The standard InChI is InChI=1S/C21H22F2N2O4S/c1-28-16-11-18(19(26)24-15-7-9-17(10-8-15)30-20(22)23)25(12-16)21(27)29-13-14-5-3-2-4-6-14/h2-10,16,18,20H,11-13H2,1H3,(H,24,26)/t16-,18+/m1/s1. The Morgan fingerprint density at radius 3 is 2.50 bits per heavy atom. The van der Waals surface area contributed by atoms with Crippen molar-refractivity contribution < 1.29 is 27.8 Å². The fourth-order valence-corrected chi connectivity index (χ4v) is 3.66. The highest BCUT2D eigenvalue weighted by Gasteiger charge is 2.40. The SMILES string of the molecule is CO[C@@H]1C[C@@H](C(=O)Nc2ccc(SC(F)F)cc2)N(C(=O)OCc2ccccc2)C1. The Balaban J connectivity index is 1.62. The quantitative estimate of drug-likeness (QED) is 0.653. The third-order valence-corrected chi connectivity index (χ3v) is 5.41. The van der Waals surface area contributed by atoms with Crippen LogP contribution in [0.4, 0.5) is 19.3 Å². The van der Waals surface area contributed by atoms with Crippen molar-refractivity contribution in [2.75, 3.05) is 19.0 Å². The number of nitrogens with one attached hydrogen (secondary N) is 1. The molecule has 2 amide bonds. The van der Waals surface area contributed by atoms with Crippen molar-refractivity contribution in [3.63, 3.8) is 0 Å². The Labute approximate surface area is 177 Å². The molecule has 160 valence electrons. The highest BCUT2D eigenvalue weighted by atomic mass is 32.2. The number of hydrogen-bond donors (Lipinski definition) is 1. The van der Waals surface area contributed by atoms with Crippen LogP contribution in [0.1, 0.15) is 12.0 Å². The molecule has 1 aliphatic heterocycles. The second-order valence-electron chi connectivity index (χ2n) is 6.69. The number of thioether (sulfide) groups is 1. The highest BCUT2D eigenvalue weighted by Crippen LogP contribution is 2.27. The van der Waals surface area contributed by atoms with Gasteiger partial charge in [0.1, 0.15) is 12.6 Å². The van der Waals surface area contributed by atoms with Crippen LogP contribution >= 0.6 is 11.8 Å². The first-order chi connectivity index (χ1) is 14.5. The van der Waals surface area contributed by atoms with Gasteiger partial charge < -0.3 is 14.8 Å². The molecule has 2 aromatic carbocycles. The van der Waals surface area contributed by atoms with Gasteiger partial charge >= 0.3 is 6.09 Å². The highest BCUT2D eigenvalue weighted by molar-refractivity contribution is 7.99. The van der Waals surface area contributed by atoms with E-state index in [1.54, 1.807) is 12.1 Å². The summed E-state index contributed by atoms with van der Waals surface area (Å²) >= 11 is 0.431. The third kappa shape index (κ3) is 5.93. The second kappa shape index (κ2) is 10.4. The molecule has 2 aromatic rings. The maximum Gasteiger partial charge on any atom is 0.410 e. The zero-order chi connectivity index (χ0) is 21.5. The largest absolute Gasteiger partial charge is 0.445 e. The van der Waals surface area contributed by atoms with Crippen LogP contribution in [0.2, 0.25) is 0 Å². The van der Waals surface area contributed by atoms with Gasteiger partial charge in [0.15, 0.2) is 0 Å². The molecule has 0 spiro atoms. The number of anilines is 1. The van der Waals surface area contributed by atoms with Crippen molar-refractivity contribution in [3.05, 3.63) is 60.2 Å². The van der Waals surface area contributed by atoms with E-state index in [1.165, 1.54) is 24.1 Å². The van der Waals surface area contributed by atoms with Crippen molar-refractivity contribution in [3.8, 4) is 0 Å². The van der Waals surface area contributed by atoms with Crippen LogP contribution in [0.15, 0.2) is 59.5 Å². The molecule has 0 aromatic heterocycles. The average molecular weight is 436 g/mol. The number of methoxy groups -OCH3 is 1. The molecular formula is C21H22F2N2O4S. The first kappa shape index (κ1) is 22.0. The molecule has 0 unspecified atom stereocenters. The summed E-state index contributed by atoms with van der Waals surface area (Å²) in [6, 6.07) is 14.6. The van der Waals surface area contributed by atoms with E-state index in [0.29, 0.717) is 28.8 Å². The summed E-state index contributed by atoms with van der Waals surface area (Å²) in [5.74, 6) is -2.90. The molecule has 6 nitrogen and oxygen atoms in total. The Kier molecular flexibility index (Phi) is 7.64. The maximum atomic E-state index is 12.8. The molecule has 0 bridgehead atoms. The van der Waals surface area contributed by atoms with Gasteiger partial charge in [-0.05, 0) is 29.8 Å². The van der Waals surface area contributed by atoms with Crippen molar-refractivity contribution >= 4 is 29.4 Å². The van der Waals surface area contributed by atoms with Crippen molar-refractivity contribution in [1.29, 1.82) is 0 Å². The molecule has 1 N–H and O–H groups in total. The van der Waals surface area contributed by atoms with Gasteiger partial charge in [-0.15, -0.1) is 0 Å². The summed E-state index contributed by atoms with van der Waals surface area (Å²) in [7, 11) is 1.53. The minimum atomic E-state index is -2.51. The number of hydrogen-bond acceptors (Lipinski definition) is 5. The predicted octanol–water partition coefficient (Wildman–Crippen LogP) is 4.37. The van der Waals surface area contributed by atoms with Gasteiger partial charge in [0.25, 0.3) is 5.76 Å². The first-order valence-corrected chi connectivity index (χ1v) is 10.2. The van der Waals surface area contributed by atoms with Crippen molar-refractivity contribution in [2.24, 2.45) is 0 Å². The fraction of sp³-hybridized carbons (Fsp3) is 0.333. The maximum absolute atomic E-state index is 12.8. The smallest absolute Gasteiger partial charge is 0.410 e. The monoisotopic (exact) mass is 436 g/mol. The molecule has 2 atom stereocenters. The van der Waals surface area contributed by atoms with Gasteiger partial charge in [-0.3, -0.25) is 9.69 Å². The normalized spacial score (nSPS) is 18.5. The fourth-order valence-electron chi connectivity index (χ4n) is 3.17. The summed E-state index contributed by atoms with van der Waals surface area (Å²) in [6.07, 6.45) is -0.542. The van der Waals surface area contributed by atoms with Gasteiger partial charge in [-0.25, -0.2) is 4.79 Å². The summed E-state index contributed by atoms with van der Waals surface area (Å²) in [4.78, 5) is 27.1. The van der Waals surface area contributed by atoms with Crippen LogP contribution in [0.3, 0.4) is 0 Å². The lowest BCUT2D eigenvalue weighted by Crippen LogP contribution is -2.43. The van der Waals surface area contributed by atoms with E-state index in [4.69, 9.17) is 9.47 Å². The molecule has 1 fully saturated rings. The topological polar surface area (TPSA) is 67.9 Å². The van der Waals surface area contributed by atoms with Crippen LogP contribution in [-0.4, -0.2) is 48.5 Å². The van der Waals surface area contributed by atoms with E-state index in [1.807, 2.05) is 30.3 Å². The molecule has 1 saturated heterocycles. The van der Waals surface area contributed by atoms with Gasteiger partial charge in [-0.1, -0.05) is 42.1 Å². The number of benzene rings is 2. The molecule has 9 heteroatoms. The number of carbonyl (C=O) groups excluding carboxylic acids is 2. The van der Waals surface area contributed by atoms with Crippen LogP contribution in [-0.2, 0) is 20.9 Å².